The van der Waals surface area contributed by atoms with Gasteiger partial charge in [-0.05, 0) is 24.6 Å². The number of rotatable bonds is 5. The van der Waals surface area contributed by atoms with Gasteiger partial charge < -0.3 is 24.2 Å². The number of nitrogens with zero attached hydrogens (tertiary/aromatic N) is 1. The summed E-state index contributed by atoms with van der Waals surface area (Å²) in [4.78, 5) is 26.0. The number of carbonyl (C=O) groups excluding carboxylic acids is 1. The first-order valence-electron chi connectivity index (χ1n) is 8.10. The number of hydrogen-bond donors (Lipinski definition) is 1. The van der Waals surface area contributed by atoms with E-state index < -0.39 is 23.9 Å². The van der Waals surface area contributed by atoms with Crippen molar-refractivity contribution in [3.05, 3.63) is 23.8 Å². The summed E-state index contributed by atoms with van der Waals surface area (Å²) in [5, 5.41) is 9.67. The number of likely N-dealkylation sites (tertiary alicyclic amines) is 1. The monoisotopic (exact) mass is 371 g/mol. The first-order chi connectivity index (χ1) is 12.4. The van der Waals surface area contributed by atoms with E-state index in [0.29, 0.717) is 13.0 Å². The number of fused-ring (bicyclic) bond motifs is 1. The van der Waals surface area contributed by atoms with Crippen molar-refractivity contribution < 1.29 is 37.7 Å². The van der Waals surface area contributed by atoms with Crippen molar-refractivity contribution >= 4 is 11.9 Å². The van der Waals surface area contributed by atoms with Gasteiger partial charge in [0.2, 0.25) is 0 Å². The Balaban J connectivity index is 1.85. The van der Waals surface area contributed by atoms with Crippen LogP contribution in [0, 0.1) is 11.3 Å². The third-order valence-corrected chi connectivity index (χ3v) is 5.05. The summed E-state index contributed by atoms with van der Waals surface area (Å²) < 4.78 is 39.8. The second-order valence-electron chi connectivity index (χ2n) is 6.41. The van der Waals surface area contributed by atoms with Crippen LogP contribution in [0.1, 0.15) is 16.8 Å². The number of aliphatic carboxylic acids is 1. The summed E-state index contributed by atoms with van der Waals surface area (Å²) in [5.74, 6) is -1.86. The minimum Gasteiger partial charge on any atom is -0.493 e. The summed E-state index contributed by atoms with van der Waals surface area (Å²) in [7, 11) is 1.30. The Bertz CT molecular complexity index is 712. The first kappa shape index (κ1) is 18.4. The van der Waals surface area contributed by atoms with Gasteiger partial charge in [-0.2, -0.15) is 8.78 Å². The smallest absolute Gasteiger partial charge is 0.387 e. The van der Waals surface area contributed by atoms with Gasteiger partial charge in [0.1, 0.15) is 0 Å². The van der Waals surface area contributed by atoms with Gasteiger partial charge in [0.15, 0.2) is 11.5 Å². The molecule has 26 heavy (non-hydrogen) atoms. The minimum atomic E-state index is -3.06. The van der Waals surface area contributed by atoms with Crippen LogP contribution in [0.15, 0.2) is 18.2 Å². The minimum absolute atomic E-state index is 0.0618. The average Bonchev–Trinajstić information content (AvgIpc) is 3.01. The molecule has 0 aromatic heterocycles. The van der Waals surface area contributed by atoms with E-state index in [1.165, 1.54) is 30.2 Å². The highest BCUT2D eigenvalue weighted by Crippen LogP contribution is 2.43. The lowest BCUT2D eigenvalue weighted by atomic mass is 9.74. The summed E-state index contributed by atoms with van der Waals surface area (Å²) in [6, 6.07) is 3.98. The van der Waals surface area contributed by atoms with E-state index in [4.69, 9.17) is 9.47 Å². The van der Waals surface area contributed by atoms with Crippen molar-refractivity contribution in [3.63, 3.8) is 0 Å². The average molecular weight is 371 g/mol. The number of carboxylic acid groups (broad SMARTS) is 1. The Morgan fingerprint density at radius 3 is 2.77 bits per heavy atom. The van der Waals surface area contributed by atoms with Crippen LogP contribution >= 0.6 is 0 Å². The SMILES string of the molecule is COc1ccc(C(=O)N2C[C@H]3COCC[C@@]3(C(=O)O)C2)cc1OC(F)F. The molecule has 0 saturated carbocycles. The quantitative estimate of drug-likeness (QED) is 0.850. The predicted octanol–water partition coefficient (Wildman–Crippen LogP) is 1.86. The van der Waals surface area contributed by atoms with Crippen LogP contribution in [0.3, 0.4) is 0 Å². The molecule has 0 unspecified atom stereocenters. The molecule has 2 aliphatic rings. The Hall–Kier alpha value is -2.42. The molecular formula is C17H19F2NO6. The topological polar surface area (TPSA) is 85.3 Å². The van der Waals surface area contributed by atoms with E-state index in [1.807, 2.05) is 0 Å². The lowest BCUT2D eigenvalue weighted by Gasteiger charge is -2.33. The van der Waals surface area contributed by atoms with Gasteiger partial charge in [0.25, 0.3) is 5.91 Å². The molecule has 2 saturated heterocycles. The van der Waals surface area contributed by atoms with Crippen molar-refractivity contribution in [1.82, 2.24) is 4.90 Å². The molecule has 2 fully saturated rings. The summed E-state index contributed by atoms with van der Waals surface area (Å²) >= 11 is 0. The molecule has 1 aromatic carbocycles. The Labute approximate surface area is 148 Å². The van der Waals surface area contributed by atoms with E-state index in [0.717, 1.165) is 0 Å². The Morgan fingerprint density at radius 1 is 1.38 bits per heavy atom. The highest BCUT2D eigenvalue weighted by Gasteiger charge is 2.55. The van der Waals surface area contributed by atoms with Crippen LogP contribution in [0.4, 0.5) is 8.78 Å². The first-order valence-corrected chi connectivity index (χ1v) is 8.10. The van der Waals surface area contributed by atoms with Crippen molar-refractivity contribution in [2.45, 2.75) is 13.0 Å². The Kier molecular flexibility index (Phi) is 4.99. The zero-order chi connectivity index (χ0) is 18.9. The fourth-order valence-electron chi connectivity index (χ4n) is 3.63. The molecule has 0 bridgehead atoms. The number of hydrogen-bond acceptors (Lipinski definition) is 5. The number of alkyl halides is 2. The van der Waals surface area contributed by atoms with Crippen molar-refractivity contribution in [3.8, 4) is 11.5 Å². The molecule has 3 rings (SSSR count). The van der Waals surface area contributed by atoms with Crippen molar-refractivity contribution in [2.24, 2.45) is 11.3 Å². The standard InChI is InChI=1S/C17H19F2NO6/c1-24-12-3-2-10(6-13(12)26-16(18)19)14(21)20-7-11-8-25-5-4-17(11,9-20)15(22)23/h2-3,6,11,16H,4-5,7-9H2,1H3,(H,22,23)/t11-,17+/m0/s1. The van der Waals surface area contributed by atoms with Gasteiger partial charge in [-0.25, -0.2) is 0 Å². The molecular weight excluding hydrogens is 352 g/mol. The molecule has 0 radical (unpaired) electrons. The van der Waals surface area contributed by atoms with Gasteiger partial charge in [-0.3, -0.25) is 9.59 Å². The Morgan fingerprint density at radius 2 is 2.15 bits per heavy atom. The van der Waals surface area contributed by atoms with Crippen LogP contribution in [0.2, 0.25) is 0 Å². The summed E-state index contributed by atoms with van der Waals surface area (Å²) in [6.07, 6.45) is 0.332. The van der Waals surface area contributed by atoms with Gasteiger partial charge >= 0.3 is 12.6 Å². The zero-order valence-corrected chi connectivity index (χ0v) is 14.1. The highest BCUT2D eigenvalue weighted by molar-refractivity contribution is 5.96. The summed E-state index contributed by atoms with van der Waals surface area (Å²) in [5.41, 5.74) is -0.899. The zero-order valence-electron chi connectivity index (χ0n) is 14.1. The molecule has 9 heteroatoms. The maximum absolute atomic E-state index is 12.8. The molecule has 1 amide bonds. The number of benzene rings is 1. The maximum Gasteiger partial charge on any atom is 0.387 e. The second kappa shape index (κ2) is 7.06. The van der Waals surface area contributed by atoms with Crippen LogP contribution in [0.25, 0.3) is 0 Å². The van der Waals surface area contributed by atoms with Crippen molar-refractivity contribution in [1.29, 1.82) is 0 Å². The molecule has 7 nitrogen and oxygen atoms in total. The largest absolute Gasteiger partial charge is 0.493 e. The number of amides is 1. The highest BCUT2D eigenvalue weighted by atomic mass is 19.3. The number of halogens is 2. The van der Waals surface area contributed by atoms with Gasteiger partial charge in [0.05, 0.1) is 19.1 Å². The van der Waals surface area contributed by atoms with E-state index in [2.05, 4.69) is 4.74 Å². The van der Waals surface area contributed by atoms with E-state index >= 15 is 0 Å². The van der Waals surface area contributed by atoms with E-state index in [1.54, 1.807) is 0 Å². The molecule has 142 valence electrons. The molecule has 2 aliphatic heterocycles. The number of methoxy groups -OCH3 is 1. The van der Waals surface area contributed by atoms with E-state index in [-0.39, 0.29) is 42.7 Å². The lowest BCUT2D eigenvalue weighted by Crippen LogP contribution is -2.45. The lowest BCUT2D eigenvalue weighted by molar-refractivity contribution is -0.157. The summed E-state index contributed by atoms with van der Waals surface area (Å²) in [6.45, 7) is -2.15. The second-order valence-corrected chi connectivity index (χ2v) is 6.41. The van der Waals surface area contributed by atoms with Gasteiger partial charge in [-0.1, -0.05) is 0 Å². The van der Waals surface area contributed by atoms with E-state index in [9.17, 15) is 23.5 Å². The molecule has 0 aliphatic carbocycles. The van der Waals surface area contributed by atoms with Crippen LogP contribution < -0.4 is 9.47 Å². The van der Waals surface area contributed by atoms with Gasteiger partial charge in [-0.15, -0.1) is 0 Å². The van der Waals surface area contributed by atoms with Gasteiger partial charge in [0, 0.05) is 31.2 Å². The van der Waals surface area contributed by atoms with Crippen LogP contribution in [-0.4, -0.2) is 61.9 Å². The van der Waals surface area contributed by atoms with Crippen molar-refractivity contribution in [2.75, 3.05) is 33.4 Å². The third-order valence-electron chi connectivity index (χ3n) is 5.05. The fraction of sp³-hybridized carbons (Fsp3) is 0.529. The van der Waals surface area contributed by atoms with Crippen LogP contribution in [0.5, 0.6) is 11.5 Å². The van der Waals surface area contributed by atoms with Crippen LogP contribution in [-0.2, 0) is 9.53 Å². The third kappa shape index (κ3) is 3.18. The molecule has 1 aromatic rings. The normalized spacial score (nSPS) is 25.1. The predicted molar refractivity (Wildman–Crippen MR) is 84.5 cm³/mol. The number of carboxylic acids is 1. The maximum atomic E-state index is 12.8. The molecule has 2 heterocycles. The molecule has 2 atom stereocenters. The fourth-order valence-corrected chi connectivity index (χ4v) is 3.63. The number of carbonyl (C=O) groups is 2. The molecule has 1 N–H and O–H groups in total. The molecule has 0 spiro atoms. The number of ether oxygens (including phenoxy) is 3.